The average Bonchev–Trinajstić information content (AvgIpc) is 2.49. The maximum atomic E-state index is 12.2. The summed E-state index contributed by atoms with van der Waals surface area (Å²) in [6, 6.07) is 1.67. The van der Waals surface area contributed by atoms with E-state index in [0.29, 0.717) is 14.2 Å². The van der Waals surface area contributed by atoms with Gasteiger partial charge in [0.1, 0.15) is 4.34 Å². The van der Waals surface area contributed by atoms with Crippen LogP contribution in [-0.2, 0) is 0 Å². The molecule has 0 N–H and O–H groups in total. The Kier molecular flexibility index (Phi) is 4.06. The van der Waals surface area contributed by atoms with Crippen LogP contribution in [0.4, 0.5) is 0 Å². The van der Waals surface area contributed by atoms with E-state index in [2.05, 4.69) is 6.08 Å². The largest absolute Gasteiger partial charge is 0.289 e. The van der Waals surface area contributed by atoms with Crippen LogP contribution in [0.3, 0.4) is 0 Å². The van der Waals surface area contributed by atoms with E-state index in [4.69, 9.17) is 23.2 Å². The second kappa shape index (κ2) is 5.35. The fourth-order valence-corrected chi connectivity index (χ4v) is 3.35. The molecule has 0 fully saturated rings. The molecule has 16 heavy (non-hydrogen) atoms. The van der Waals surface area contributed by atoms with Crippen LogP contribution in [0, 0.1) is 0 Å². The normalized spacial score (nSPS) is 16.8. The molecule has 1 nitrogen and oxygen atoms in total. The monoisotopic (exact) mass is 274 g/mol. The van der Waals surface area contributed by atoms with Crippen molar-refractivity contribution < 1.29 is 4.79 Å². The lowest BCUT2D eigenvalue weighted by Crippen LogP contribution is -2.02. The highest BCUT2D eigenvalue weighted by Crippen LogP contribution is 2.33. The molecule has 0 radical (unpaired) electrons. The third kappa shape index (κ3) is 2.68. The SMILES string of the molecule is O=C(C1=CCCCCC1)c1cc(Cl)sc1Cl. The Balaban J connectivity index is 2.24. The van der Waals surface area contributed by atoms with Gasteiger partial charge in [-0.1, -0.05) is 35.7 Å². The van der Waals surface area contributed by atoms with Crippen molar-refractivity contribution in [3.05, 3.63) is 32.0 Å². The molecule has 2 rings (SSSR count). The molecule has 0 unspecified atom stereocenters. The van der Waals surface area contributed by atoms with E-state index in [1.165, 1.54) is 24.2 Å². The first kappa shape index (κ1) is 12.2. The molecule has 0 bridgehead atoms. The molecule has 0 amide bonds. The maximum absolute atomic E-state index is 12.2. The first-order valence-corrected chi connectivity index (χ1v) is 6.94. The van der Waals surface area contributed by atoms with Gasteiger partial charge in [-0.15, -0.1) is 11.3 Å². The predicted molar refractivity (Wildman–Crippen MR) is 69.8 cm³/mol. The van der Waals surface area contributed by atoms with Crippen molar-refractivity contribution in [2.75, 3.05) is 0 Å². The average molecular weight is 275 g/mol. The number of Topliss-reactive ketones (excluding diaryl/α,β-unsaturated/α-hetero) is 1. The van der Waals surface area contributed by atoms with Gasteiger partial charge in [0.05, 0.1) is 9.90 Å². The van der Waals surface area contributed by atoms with Gasteiger partial charge >= 0.3 is 0 Å². The standard InChI is InChI=1S/C12H12Cl2OS/c13-10-7-9(12(14)16-10)11(15)8-5-3-1-2-4-6-8/h5,7H,1-4,6H2. The minimum absolute atomic E-state index is 0.0510. The highest BCUT2D eigenvalue weighted by molar-refractivity contribution is 7.20. The van der Waals surface area contributed by atoms with E-state index < -0.39 is 0 Å². The first-order chi connectivity index (χ1) is 7.68. The Morgan fingerprint density at radius 1 is 1.25 bits per heavy atom. The van der Waals surface area contributed by atoms with E-state index in [1.54, 1.807) is 6.07 Å². The molecular weight excluding hydrogens is 263 g/mol. The molecule has 1 aliphatic rings. The van der Waals surface area contributed by atoms with Gasteiger partial charge in [0.2, 0.25) is 0 Å². The van der Waals surface area contributed by atoms with Crippen LogP contribution in [0.15, 0.2) is 17.7 Å². The molecule has 1 aromatic heterocycles. The van der Waals surface area contributed by atoms with Crippen LogP contribution >= 0.6 is 34.5 Å². The molecule has 0 atom stereocenters. The van der Waals surface area contributed by atoms with Crippen molar-refractivity contribution in [3.8, 4) is 0 Å². The van der Waals surface area contributed by atoms with Crippen LogP contribution < -0.4 is 0 Å². The van der Waals surface area contributed by atoms with Crippen molar-refractivity contribution in [2.45, 2.75) is 32.1 Å². The molecule has 0 aliphatic heterocycles. The third-order valence-electron chi connectivity index (χ3n) is 2.73. The van der Waals surface area contributed by atoms with Gasteiger partial charge in [-0.05, 0) is 37.3 Å². The van der Waals surface area contributed by atoms with Crippen LogP contribution in [0.5, 0.6) is 0 Å². The number of ketones is 1. The number of hydrogen-bond acceptors (Lipinski definition) is 2. The molecular formula is C12H12Cl2OS. The van der Waals surface area contributed by atoms with Gasteiger partial charge in [-0.2, -0.15) is 0 Å². The summed E-state index contributed by atoms with van der Waals surface area (Å²) < 4.78 is 1.07. The summed E-state index contributed by atoms with van der Waals surface area (Å²) in [5.74, 6) is 0.0510. The third-order valence-corrected chi connectivity index (χ3v) is 4.22. The lowest BCUT2D eigenvalue weighted by Gasteiger charge is -2.02. The molecule has 0 aromatic carbocycles. The number of allylic oxidation sites excluding steroid dienone is 2. The first-order valence-electron chi connectivity index (χ1n) is 5.37. The highest BCUT2D eigenvalue weighted by atomic mass is 35.5. The fourth-order valence-electron chi connectivity index (χ4n) is 1.89. The van der Waals surface area contributed by atoms with Crippen molar-refractivity contribution >= 4 is 40.3 Å². The number of hydrogen-bond donors (Lipinski definition) is 0. The molecule has 1 heterocycles. The molecule has 1 aromatic rings. The van der Waals surface area contributed by atoms with Crippen molar-refractivity contribution in [2.24, 2.45) is 0 Å². The van der Waals surface area contributed by atoms with Gasteiger partial charge in [0.25, 0.3) is 0 Å². The van der Waals surface area contributed by atoms with E-state index in [9.17, 15) is 4.79 Å². The summed E-state index contributed by atoms with van der Waals surface area (Å²) in [6.07, 6.45) is 7.38. The van der Waals surface area contributed by atoms with Crippen LogP contribution in [-0.4, -0.2) is 5.78 Å². The zero-order valence-corrected chi connectivity index (χ0v) is 11.1. The molecule has 4 heteroatoms. The highest BCUT2D eigenvalue weighted by Gasteiger charge is 2.18. The molecule has 86 valence electrons. The zero-order chi connectivity index (χ0) is 11.5. The van der Waals surface area contributed by atoms with Crippen molar-refractivity contribution in [3.63, 3.8) is 0 Å². The van der Waals surface area contributed by atoms with Crippen LogP contribution in [0.25, 0.3) is 0 Å². The second-order valence-electron chi connectivity index (χ2n) is 3.90. The van der Waals surface area contributed by atoms with E-state index in [1.807, 2.05) is 0 Å². The Hall–Kier alpha value is -0.310. The predicted octanol–water partition coefficient (Wildman–Crippen LogP) is 5.13. The lowest BCUT2D eigenvalue weighted by molar-refractivity contribution is 0.103. The Morgan fingerprint density at radius 2 is 2.06 bits per heavy atom. The van der Waals surface area contributed by atoms with Gasteiger partial charge in [-0.25, -0.2) is 0 Å². The summed E-state index contributed by atoms with van der Waals surface area (Å²) in [7, 11) is 0. The van der Waals surface area contributed by atoms with Crippen molar-refractivity contribution in [1.82, 2.24) is 0 Å². The second-order valence-corrected chi connectivity index (χ2v) is 6.18. The number of rotatable bonds is 2. The zero-order valence-electron chi connectivity index (χ0n) is 8.76. The van der Waals surface area contributed by atoms with E-state index in [0.717, 1.165) is 24.8 Å². The minimum atomic E-state index is 0.0510. The number of carbonyl (C=O) groups excluding carboxylic acids is 1. The lowest BCUT2D eigenvalue weighted by atomic mass is 10.0. The molecule has 1 aliphatic carbocycles. The molecule has 0 saturated heterocycles. The summed E-state index contributed by atoms with van der Waals surface area (Å²) >= 11 is 13.1. The topological polar surface area (TPSA) is 17.1 Å². The van der Waals surface area contributed by atoms with Gasteiger partial charge < -0.3 is 0 Å². The summed E-state index contributed by atoms with van der Waals surface area (Å²) in [6.45, 7) is 0. The summed E-state index contributed by atoms with van der Waals surface area (Å²) in [4.78, 5) is 12.2. The smallest absolute Gasteiger partial charge is 0.191 e. The van der Waals surface area contributed by atoms with Gasteiger partial charge in [0, 0.05) is 0 Å². The summed E-state index contributed by atoms with van der Waals surface area (Å²) in [5.41, 5.74) is 1.46. The van der Waals surface area contributed by atoms with E-state index in [-0.39, 0.29) is 5.78 Å². The van der Waals surface area contributed by atoms with Crippen molar-refractivity contribution in [1.29, 1.82) is 0 Å². The number of halogens is 2. The Bertz CT molecular complexity index is 434. The van der Waals surface area contributed by atoms with E-state index >= 15 is 0 Å². The van der Waals surface area contributed by atoms with Gasteiger partial charge in [-0.3, -0.25) is 4.79 Å². The minimum Gasteiger partial charge on any atom is -0.289 e. The number of carbonyl (C=O) groups is 1. The maximum Gasteiger partial charge on any atom is 0.191 e. The fraction of sp³-hybridized carbons (Fsp3) is 0.417. The number of thiophene rings is 1. The van der Waals surface area contributed by atoms with Crippen LogP contribution in [0.2, 0.25) is 8.67 Å². The van der Waals surface area contributed by atoms with Gasteiger partial charge in [0.15, 0.2) is 5.78 Å². The summed E-state index contributed by atoms with van der Waals surface area (Å²) in [5, 5.41) is 0. The Labute approximate surface area is 109 Å². The Morgan fingerprint density at radius 3 is 2.75 bits per heavy atom. The molecule has 0 saturated carbocycles. The van der Waals surface area contributed by atoms with Crippen LogP contribution in [0.1, 0.15) is 42.5 Å². The molecule has 0 spiro atoms. The quantitative estimate of drug-likeness (QED) is 0.684.